The van der Waals surface area contributed by atoms with E-state index < -0.39 is 24.2 Å². The van der Waals surface area contributed by atoms with Gasteiger partial charge in [-0.15, -0.1) is 0 Å². The Hall–Kier alpha value is -2.03. The first-order chi connectivity index (χ1) is 12.0. The van der Waals surface area contributed by atoms with E-state index in [1.165, 1.54) is 0 Å². The number of carbonyl (C=O) groups is 1. The molecule has 1 fully saturated rings. The van der Waals surface area contributed by atoms with Gasteiger partial charge >= 0.3 is 0 Å². The van der Waals surface area contributed by atoms with Crippen LogP contribution in [0.4, 0.5) is 0 Å². The smallest absolute Gasteiger partial charge is 0.255 e. The van der Waals surface area contributed by atoms with Gasteiger partial charge in [0.25, 0.3) is 5.91 Å². The molecule has 3 aliphatic rings. The number of amides is 1. The zero-order chi connectivity index (χ0) is 17.7. The van der Waals surface area contributed by atoms with Gasteiger partial charge in [0.15, 0.2) is 11.5 Å². The third-order valence-electron chi connectivity index (χ3n) is 5.32. The van der Waals surface area contributed by atoms with Crippen LogP contribution in [0.25, 0.3) is 0 Å². The van der Waals surface area contributed by atoms with E-state index in [-0.39, 0.29) is 35.8 Å². The minimum atomic E-state index is -1.10. The molecule has 1 aromatic rings. The number of aromatic hydroxyl groups is 1. The summed E-state index contributed by atoms with van der Waals surface area (Å²) in [5, 5.41) is 37.3. The van der Waals surface area contributed by atoms with Crippen molar-refractivity contribution in [3.05, 3.63) is 17.2 Å². The van der Waals surface area contributed by atoms with Gasteiger partial charge in [-0.1, -0.05) is 6.92 Å². The van der Waals surface area contributed by atoms with Gasteiger partial charge in [-0.05, 0) is 31.0 Å². The zero-order valence-corrected chi connectivity index (χ0v) is 13.9. The number of nitrogens with one attached hydrogen (secondary N) is 2. The first-order valence-corrected chi connectivity index (χ1v) is 8.58. The Kier molecular flexibility index (Phi) is 3.98. The van der Waals surface area contributed by atoms with E-state index in [1.54, 1.807) is 6.07 Å². The molecule has 0 bridgehead atoms. The lowest BCUT2D eigenvalue weighted by molar-refractivity contribution is -0.0551. The van der Waals surface area contributed by atoms with Crippen molar-refractivity contribution in [1.82, 2.24) is 10.6 Å². The number of ether oxygens (including phenoxy) is 2. The summed E-state index contributed by atoms with van der Waals surface area (Å²) in [6, 6.07) is 0.788. The van der Waals surface area contributed by atoms with Gasteiger partial charge in [0.05, 0.1) is 17.7 Å². The predicted octanol–water partition coefficient (Wildman–Crippen LogP) is -0.190. The Balaban J connectivity index is 1.76. The number of phenols is 1. The van der Waals surface area contributed by atoms with E-state index in [1.807, 2.05) is 6.92 Å². The third kappa shape index (κ3) is 2.44. The van der Waals surface area contributed by atoms with Crippen molar-refractivity contribution in [2.24, 2.45) is 0 Å². The fourth-order valence-electron chi connectivity index (χ4n) is 4.09. The monoisotopic (exact) mass is 350 g/mol. The lowest BCUT2D eigenvalue weighted by atomic mass is 9.71. The van der Waals surface area contributed by atoms with Crippen LogP contribution in [0.2, 0.25) is 0 Å². The van der Waals surface area contributed by atoms with Crippen molar-refractivity contribution in [3.63, 3.8) is 0 Å². The van der Waals surface area contributed by atoms with Crippen molar-refractivity contribution in [3.8, 4) is 17.2 Å². The highest BCUT2D eigenvalue weighted by molar-refractivity contribution is 6.01. The quantitative estimate of drug-likeness (QED) is 0.512. The molecule has 0 saturated heterocycles. The van der Waals surface area contributed by atoms with E-state index in [4.69, 9.17) is 9.47 Å². The number of benzene rings is 1. The molecule has 8 nitrogen and oxygen atoms in total. The average molecular weight is 350 g/mol. The fourth-order valence-corrected chi connectivity index (χ4v) is 4.09. The zero-order valence-electron chi connectivity index (χ0n) is 13.9. The molecule has 5 N–H and O–H groups in total. The number of fused-ring (bicyclic) bond motifs is 4. The molecule has 1 aliphatic carbocycles. The van der Waals surface area contributed by atoms with E-state index in [9.17, 15) is 20.1 Å². The Bertz CT molecular complexity index is 709. The summed E-state index contributed by atoms with van der Waals surface area (Å²) < 4.78 is 10.6. The lowest BCUT2D eigenvalue weighted by Gasteiger charge is -2.46. The van der Waals surface area contributed by atoms with Gasteiger partial charge in [-0.25, -0.2) is 0 Å². The predicted molar refractivity (Wildman–Crippen MR) is 86.9 cm³/mol. The average Bonchev–Trinajstić information content (AvgIpc) is 3.06. The van der Waals surface area contributed by atoms with Gasteiger partial charge in [-0.3, -0.25) is 4.79 Å². The number of aliphatic hydroxyl groups is 2. The number of hydrogen-bond acceptors (Lipinski definition) is 7. The molecule has 8 heteroatoms. The molecule has 1 aromatic carbocycles. The highest BCUT2D eigenvalue weighted by Crippen LogP contribution is 2.49. The van der Waals surface area contributed by atoms with Crippen LogP contribution >= 0.6 is 0 Å². The van der Waals surface area contributed by atoms with Gasteiger partial charge in [0, 0.05) is 12.0 Å². The lowest BCUT2D eigenvalue weighted by Crippen LogP contribution is -2.63. The van der Waals surface area contributed by atoms with Crippen LogP contribution in [-0.4, -0.2) is 58.9 Å². The number of phenolic OH excluding ortho intramolecular Hbond substituents is 1. The van der Waals surface area contributed by atoms with E-state index in [0.29, 0.717) is 17.7 Å². The number of hydrogen-bond donors (Lipinski definition) is 5. The van der Waals surface area contributed by atoms with Crippen LogP contribution in [0, 0.1) is 0 Å². The highest BCUT2D eigenvalue weighted by Gasteiger charge is 2.49. The maximum Gasteiger partial charge on any atom is 0.255 e. The van der Waals surface area contributed by atoms with Crippen molar-refractivity contribution in [2.75, 3.05) is 13.3 Å². The molecular weight excluding hydrogens is 328 g/mol. The van der Waals surface area contributed by atoms with Gasteiger partial charge < -0.3 is 35.4 Å². The van der Waals surface area contributed by atoms with Gasteiger partial charge in [0.1, 0.15) is 6.10 Å². The Morgan fingerprint density at radius 1 is 1.32 bits per heavy atom. The van der Waals surface area contributed by atoms with Gasteiger partial charge in [0.2, 0.25) is 12.5 Å². The maximum atomic E-state index is 12.5. The third-order valence-corrected chi connectivity index (χ3v) is 5.32. The summed E-state index contributed by atoms with van der Waals surface area (Å²) in [5.41, 5.74) is 0.771. The molecule has 4 rings (SSSR count). The van der Waals surface area contributed by atoms with Gasteiger partial charge in [-0.2, -0.15) is 0 Å². The first kappa shape index (κ1) is 16.4. The molecule has 0 radical (unpaired) electrons. The summed E-state index contributed by atoms with van der Waals surface area (Å²) >= 11 is 0. The number of rotatable bonds is 3. The molecular formula is C17H22N2O6. The van der Waals surface area contributed by atoms with Crippen molar-refractivity contribution < 1.29 is 29.6 Å². The minimum absolute atomic E-state index is 0.0104. The van der Waals surface area contributed by atoms with Crippen LogP contribution < -0.4 is 20.1 Å². The van der Waals surface area contributed by atoms with E-state index >= 15 is 0 Å². The van der Waals surface area contributed by atoms with Crippen LogP contribution in [-0.2, 0) is 0 Å². The molecule has 25 heavy (non-hydrogen) atoms. The van der Waals surface area contributed by atoms with Crippen LogP contribution in [0.5, 0.6) is 17.2 Å². The molecule has 2 aliphatic heterocycles. The topological polar surface area (TPSA) is 120 Å². The largest absolute Gasteiger partial charge is 0.504 e. The second-order valence-electron chi connectivity index (χ2n) is 6.81. The summed E-state index contributed by atoms with van der Waals surface area (Å²) in [7, 11) is 0. The standard InChI is InChI=1S/C17H22N2O6/c1-2-3-18-9-4-8-7-5-10-16(25-6-24-10)14(21)11(7)17(23)19-12(8)15(22)13(9)20/h5,8-9,12-13,15,18,20-22H,2-4,6H2,1H3,(H,19,23)/t8-,9?,12-,13-,15+/m1/s1. The minimum Gasteiger partial charge on any atom is -0.504 e. The maximum absolute atomic E-state index is 12.5. The molecule has 5 atom stereocenters. The van der Waals surface area contributed by atoms with Crippen LogP contribution in [0.3, 0.4) is 0 Å². The normalized spacial score (nSPS) is 32.8. The summed E-state index contributed by atoms with van der Waals surface area (Å²) in [4.78, 5) is 12.5. The van der Waals surface area contributed by atoms with Crippen LogP contribution in [0.15, 0.2) is 6.07 Å². The number of carbonyl (C=O) groups excluding carboxylic acids is 1. The second-order valence-corrected chi connectivity index (χ2v) is 6.81. The fraction of sp³-hybridized carbons (Fsp3) is 0.588. The summed E-state index contributed by atoms with van der Waals surface area (Å²) in [5.74, 6) is -0.411. The SMILES string of the molecule is CCCNC1C[C@@H]2c3cc4c(c(O)c3C(=O)N[C@H]2[C@H](O)[C@@H]1O)OCO4. The second kappa shape index (κ2) is 6.05. The molecule has 136 valence electrons. The molecule has 0 spiro atoms. The van der Waals surface area contributed by atoms with Crippen molar-refractivity contribution >= 4 is 5.91 Å². The molecule has 0 aromatic heterocycles. The Labute approximate surface area is 144 Å². The molecule has 1 amide bonds. The highest BCUT2D eigenvalue weighted by atomic mass is 16.7. The van der Waals surface area contributed by atoms with E-state index in [2.05, 4.69) is 10.6 Å². The summed E-state index contributed by atoms with van der Waals surface area (Å²) in [6.07, 6.45) is -0.648. The first-order valence-electron chi connectivity index (χ1n) is 8.58. The number of aliphatic hydroxyl groups excluding tert-OH is 2. The molecule has 1 saturated carbocycles. The van der Waals surface area contributed by atoms with Crippen molar-refractivity contribution in [2.45, 2.75) is 50.0 Å². The van der Waals surface area contributed by atoms with E-state index in [0.717, 1.165) is 13.0 Å². The molecule has 1 unspecified atom stereocenters. The van der Waals surface area contributed by atoms with Crippen molar-refractivity contribution in [1.29, 1.82) is 0 Å². The molecule has 2 heterocycles. The Morgan fingerprint density at radius 2 is 2.12 bits per heavy atom. The van der Waals surface area contributed by atoms with Crippen LogP contribution in [0.1, 0.15) is 41.6 Å². The summed E-state index contributed by atoms with van der Waals surface area (Å²) in [6.45, 7) is 2.73. The Morgan fingerprint density at radius 3 is 2.88 bits per heavy atom.